The lowest BCUT2D eigenvalue weighted by Gasteiger charge is -2.50. The minimum atomic E-state index is -2.91. The molecule has 8 nitrogen and oxygen atoms in total. The van der Waals surface area contributed by atoms with Gasteiger partial charge in [0.1, 0.15) is 12.2 Å². The van der Waals surface area contributed by atoms with E-state index in [0.29, 0.717) is 0 Å². The van der Waals surface area contributed by atoms with Gasteiger partial charge in [0.25, 0.3) is 5.79 Å². The van der Waals surface area contributed by atoms with Gasteiger partial charge in [-0.1, -0.05) is 18.2 Å². The highest BCUT2D eigenvalue weighted by molar-refractivity contribution is 5.89. The number of aliphatic hydroxyl groups excluding tert-OH is 3. The van der Waals surface area contributed by atoms with Gasteiger partial charge >= 0.3 is 5.97 Å². The van der Waals surface area contributed by atoms with E-state index in [9.17, 15) is 25.2 Å². The van der Waals surface area contributed by atoms with E-state index in [0.717, 1.165) is 6.92 Å². The van der Waals surface area contributed by atoms with Crippen molar-refractivity contribution in [2.24, 2.45) is 0 Å². The fourth-order valence-electron chi connectivity index (χ4n) is 2.23. The van der Waals surface area contributed by atoms with Gasteiger partial charge in [-0.2, -0.15) is 0 Å². The summed E-state index contributed by atoms with van der Waals surface area (Å²) in [6, 6.07) is 7.59. The second kappa shape index (κ2) is 5.92. The zero-order valence-electron chi connectivity index (χ0n) is 11.8. The highest BCUT2D eigenvalue weighted by Gasteiger charge is 2.64. The molecule has 1 aromatic rings. The van der Waals surface area contributed by atoms with E-state index in [2.05, 4.69) is 0 Å². The molecule has 2 rings (SSSR count). The Labute approximate surface area is 126 Å². The van der Waals surface area contributed by atoms with Crippen molar-refractivity contribution in [1.29, 1.82) is 0 Å². The van der Waals surface area contributed by atoms with E-state index in [4.69, 9.17) is 14.6 Å². The topological polar surface area (TPSA) is 137 Å². The molecule has 0 amide bonds. The van der Waals surface area contributed by atoms with E-state index < -0.39 is 42.5 Å². The molecule has 0 radical (unpaired) electrons. The molecule has 0 aromatic heterocycles. The Morgan fingerprint density at radius 1 is 1.27 bits per heavy atom. The number of rotatable bonds is 3. The van der Waals surface area contributed by atoms with Crippen LogP contribution >= 0.6 is 0 Å². The van der Waals surface area contributed by atoms with Gasteiger partial charge in [-0.25, -0.2) is 4.79 Å². The summed E-state index contributed by atoms with van der Waals surface area (Å²) in [5, 5.41) is 49.4. The maximum Gasteiger partial charge on any atom is 0.340 e. The molecule has 0 spiro atoms. The third kappa shape index (κ3) is 2.72. The van der Waals surface area contributed by atoms with Crippen LogP contribution in [0.15, 0.2) is 30.3 Å². The van der Waals surface area contributed by atoms with Crippen LogP contribution in [0.4, 0.5) is 0 Å². The van der Waals surface area contributed by atoms with E-state index in [-0.39, 0.29) is 5.56 Å². The number of carbonyl (C=O) groups is 1. The van der Waals surface area contributed by atoms with Crippen LogP contribution in [0.1, 0.15) is 17.3 Å². The third-order valence-corrected chi connectivity index (χ3v) is 3.59. The molecule has 22 heavy (non-hydrogen) atoms. The maximum absolute atomic E-state index is 12.0. The number of benzene rings is 1. The van der Waals surface area contributed by atoms with Gasteiger partial charge < -0.3 is 35.0 Å². The van der Waals surface area contributed by atoms with Crippen molar-refractivity contribution < 1.29 is 39.8 Å². The molecule has 1 heterocycles. The summed E-state index contributed by atoms with van der Waals surface area (Å²) in [7, 11) is 0. The second-order valence-electron chi connectivity index (χ2n) is 5.21. The summed E-state index contributed by atoms with van der Waals surface area (Å²) < 4.78 is 9.73. The Balaban J connectivity index is 2.28. The molecular formula is C14H18O8. The van der Waals surface area contributed by atoms with Gasteiger partial charge in [-0.15, -0.1) is 0 Å². The SMILES string of the molecule is CC1(O)O[C@H](CO)[C@@H](O)[C@H](O)[C@@]1(O)OC(=O)c1ccccc1. The molecule has 1 fully saturated rings. The summed E-state index contributed by atoms with van der Waals surface area (Å²) in [5.41, 5.74) is 0.0673. The second-order valence-corrected chi connectivity index (χ2v) is 5.21. The van der Waals surface area contributed by atoms with Gasteiger partial charge in [0.05, 0.1) is 12.2 Å². The van der Waals surface area contributed by atoms with E-state index in [1.54, 1.807) is 18.2 Å². The van der Waals surface area contributed by atoms with Crippen molar-refractivity contribution in [2.45, 2.75) is 36.8 Å². The predicted octanol–water partition coefficient (Wildman–Crippen LogP) is -1.65. The molecule has 0 saturated carbocycles. The average molecular weight is 314 g/mol. The molecule has 5 atom stereocenters. The molecule has 1 aromatic carbocycles. The third-order valence-electron chi connectivity index (χ3n) is 3.59. The van der Waals surface area contributed by atoms with Crippen LogP contribution in [0, 0.1) is 0 Å². The Morgan fingerprint density at radius 3 is 2.41 bits per heavy atom. The minimum Gasteiger partial charge on any atom is -0.421 e. The molecule has 0 aliphatic carbocycles. The lowest BCUT2D eigenvalue weighted by molar-refractivity contribution is -0.438. The molecule has 1 aliphatic rings. The summed E-state index contributed by atoms with van der Waals surface area (Å²) in [5.74, 6) is -6.48. The first kappa shape index (κ1) is 16.8. The van der Waals surface area contributed by atoms with Crippen molar-refractivity contribution in [3.05, 3.63) is 35.9 Å². The molecular weight excluding hydrogens is 296 g/mol. The Kier molecular flexibility index (Phi) is 4.52. The number of hydrogen-bond donors (Lipinski definition) is 5. The normalized spacial score (nSPS) is 38.5. The zero-order valence-corrected chi connectivity index (χ0v) is 11.8. The van der Waals surface area contributed by atoms with Crippen LogP contribution in [0.25, 0.3) is 0 Å². The standard InChI is InChI=1S/C14H18O8/c1-13(19)14(20,11(17)10(16)9(7-15)21-13)22-12(18)8-5-3-2-4-6-8/h2-6,9-11,15-17,19-20H,7H2,1H3/t9-,10-,11+,13?,14-/m1/s1. The van der Waals surface area contributed by atoms with Crippen molar-refractivity contribution in [3.63, 3.8) is 0 Å². The zero-order chi connectivity index (χ0) is 16.5. The van der Waals surface area contributed by atoms with Crippen molar-refractivity contribution >= 4 is 5.97 Å². The molecule has 1 saturated heterocycles. The summed E-state index contributed by atoms with van der Waals surface area (Å²) in [6.07, 6.45) is -5.19. The van der Waals surface area contributed by atoms with E-state index >= 15 is 0 Å². The van der Waals surface area contributed by atoms with Gasteiger partial charge in [0, 0.05) is 0 Å². The molecule has 0 bridgehead atoms. The smallest absolute Gasteiger partial charge is 0.340 e. The lowest BCUT2D eigenvalue weighted by Crippen LogP contribution is -2.73. The first-order valence-corrected chi connectivity index (χ1v) is 6.61. The molecule has 1 unspecified atom stereocenters. The van der Waals surface area contributed by atoms with E-state index in [1.165, 1.54) is 12.1 Å². The highest BCUT2D eigenvalue weighted by Crippen LogP contribution is 2.37. The monoisotopic (exact) mass is 314 g/mol. The van der Waals surface area contributed by atoms with Crippen molar-refractivity contribution in [2.75, 3.05) is 6.61 Å². The summed E-state index contributed by atoms with van der Waals surface area (Å²) in [6.45, 7) is 0.236. The van der Waals surface area contributed by atoms with E-state index in [1.807, 2.05) is 0 Å². The Bertz CT molecular complexity index is 531. The minimum absolute atomic E-state index is 0.0673. The molecule has 5 N–H and O–H groups in total. The first-order chi connectivity index (χ1) is 10.2. The van der Waals surface area contributed by atoms with Crippen LogP contribution in [-0.2, 0) is 9.47 Å². The van der Waals surface area contributed by atoms with Crippen LogP contribution < -0.4 is 0 Å². The van der Waals surface area contributed by atoms with Crippen LogP contribution in [0.2, 0.25) is 0 Å². The lowest BCUT2D eigenvalue weighted by atomic mass is 9.89. The summed E-state index contributed by atoms with van der Waals surface area (Å²) >= 11 is 0. The van der Waals surface area contributed by atoms with Gasteiger partial charge in [0.15, 0.2) is 6.10 Å². The van der Waals surface area contributed by atoms with Crippen LogP contribution in [0.3, 0.4) is 0 Å². The highest BCUT2D eigenvalue weighted by atomic mass is 16.7. The first-order valence-electron chi connectivity index (χ1n) is 6.61. The fourth-order valence-corrected chi connectivity index (χ4v) is 2.23. The van der Waals surface area contributed by atoms with Crippen LogP contribution in [-0.4, -0.2) is 68.0 Å². The predicted molar refractivity (Wildman–Crippen MR) is 71.4 cm³/mol. The molecule has 122 valence electrons. The largest absolute Gasteiger partial charge is 0.421 e. The maximum atomic E-state index is 12.0. The van der Waals surface area contributed by atoms with Gasteiger partial charge in [0.2, 0.25) is 5.79 Å². The van der Waals surface area contributed by atoms with Gasteiger partial charge in [-0.3, -0.25) is 0 Å². The molecule has 1 aliphatic heterocycles. The number of esters is 1. The van der Waals surface area contributed by atoms with Gasteiger partial charge in [-0.05, 0) is 19.1 Å². The number of aliphatic hydroxyl groups is 5. The molecule has 8 heteroatoms. The quantitative estimate of drug-likeness (QED) is 0.331. The number of ether oxygens (including phenoxy) is 2. The Morgan fingerprint density at radius 2 is 1.86 bits per heavy atom. The number of hydrogen-bond acceptors (Lipinski definition) is 8. The summed E-state index contributed by atoms with van der Waals surface area (Å²) in [4.78, 5) is 12.0. The van der Waals surface area contributed by atoms with Crippen molar-refractivity contribution in [1.82, 2.24) is 0 Å². The Hall–Kier alpha value is -1.55. The van der Waals surface area contributed by atoms with Crippen molar-refractivity contribution in [3.8, 4) is 0 Å². The number of carbonyl (C=O) groups excluding carboxylic acids is 1. The van der Waals surface area contributed by atoms with Crippen LogP contribution in [0.5, 0.6) is 0 Å². The fraction of sp³-hybridized carbons (Fsp3) is 0.500. The average Bonchev–Trinajstić information content (AvgIpc) is 2.50.